The van der Waals surface area contributed by atoms with E-state index in [-0.39, 0.29) is 6.04 Å². The van der Waals surface area contributed by atoms with E-state index in [1.54, 1.807) is 11.3 Å². The lowest BCUT2D eigenvalue weighted by Gasteiger charge is -2.20. The molecule has 1 aliphatic rings. The highest BCUT2D eigenvalue weighted by Crippen LogP contribution is 2.32. The summed E-state index contributed by atoms with van der Waals surface area (Å²) in [4.78, 5) is 6.02. The van der Waals surface area contributed by atoms with Crippen molar-refractivity contribution in [1.29, 1.82) is 0 Å². The highest BCUT2D eigenvalue weighted by atomic mass is 32.1. The van der Waals surface area contributed by atoms with Crippen molar-refractivity contribution >= 4 is 11.3 Å². The van der Waals surface area contributed by atoms with Crippen molar-refractivity contribution in [2.24, 2.45) is 0 Å². The van der Waals surface area contributed by atoms with Gasteiger partial charge in [-0.25, -0.2) is 0 Å². The van der Waals surface area contributed by atoms with Gasteiger partial charge < -0.3 is 9.84 Å². The van der Waals surface area contributed by atoms with Crippen LogP contribution in [0, 0.1) is 6.92 Å². The van der Waals surface area contributed by atoms with Crippen LogP contribution in [0.4, 0.5) is 0 Å². The maximum atomic E-state index is 5.52. The molecule has 1 N–H and O–H groups in total. The standard InChI is InChI=1S/C16H15N3OS/c1-10-4-2-3-5-11(10)15-18-16(20-19-15)14-12-7-9-21-13(12)6-8-17-14/h2-5,7,9,14,17H,6,8H2,1H3. The molecule has 2 aromatic heterocycles. The third-order valence-corrected chi connectivity index (χ3v) is 4.86. The monoisotopic (exact) mass is 297 g/mol. The number of hydrogen-bond donors (Lipinski definition) is 1. The van der Waals surface area contributed by atoms with Crippen LogP contribution in [-0.4, -0.2) is 16.7 Å². The van der Waals surface area contributed by atoms with E-state index in [0.29, 0.717) is 11.7 Å². The molecule has 0 saturated heterocycles. The van der Waals surface area contributed by atoms with Crippen LogP contribution in [0.3, 0.4) is 0 Å². The summed E-state index contributed by atoms with van der Waals surface area (Å²) in [5.41, 5.74) is 3.44. The highest BCUT2D eigenvalue weighted by Gasteiger charge is 2.27. The Hall–Kier alpha value is -1.98. The molecule has 21 heavy (non-hydrogen) atoms. The molecule has 0 saturated carbocycles. The number of nitrogens with zero attached hydrogens (tertiary/aromatic N) is 2. The molecule has 4 nitrogen and oxygen atoms in total. The summed E-state index contributed by atoms with van der Waals surface area (Å²) < 4.78 is 5.52. The van der Waals surface area contributed by atoms with Crippen LogP contribution >= 0.6 is 11.3 Å². The van der Waals surface area contributed by atoms with Crippen molar-refractivity contribution in [3.63, 3.8) is 0 Å². The molecule has 1 aromatic carbocycles. The Bertz CT molecular complexity index is 777. The van der Waals surface area contributed by atoms with Crippen molar-refractivity contribution in [2.75, 3.05) is 6.54 Å². The summed E-state index contributed by atoms with van der Waals surface area (Å²) in [5.74, 6) is 1.31. The molecule has 5 heteroatoms. The van der Waals surface area contributed by atoms with Gasteiger partial charge in [0.1, 0.15) is 6.04 Å². The van der Waals surface area contributed by atoms with E-state index in [2.05, 4.69) is 39.9 Å². The first-order valence-electron chi connectivity index (χ1n) is 7.02. The lowest BCUT2D eigenvalue weighted by molar-refractivity contribution is 0.344. The van der Waals surface area contributed by atoms with E-state index in [4.69, 9.17) is 4.52 Å². The smallest absolute Gasteiger partial charge is 0.248 e. The van der Waals surface area contributed by atoms with Crippen molar-refractivity contribution in [2.45, 2.75) is 19.4 Å². The normalized spacial score (nSPS) is 17.7. The minimum Gasteiger partial charge on any atom is -0.337 e. The van der Waals surface area contributed by atoms with E-state index in [1.807, 2.05) is 18.2 Å². The fourth-order valence-corrected chi connectivity index (χ4v) is 3.68. The molecule has 1 aliphatic heterocycles. The van der Waals surface area contributed by atoms with Gasteiger partial charge in [0.15, 0.2) is 0 Å². The number of benzene rings is 1. The molecule has 0 aliphatic carbocycles. The average molecular weight is 297 g/mol. The summed E-state index contributed by atoms with van der Waals surface area (Å²) >= 11 is 1.80. The molecule has 106 valence electrons. The van der Waals surface area contributed by atoms with E-state index in [9.17, 15) is 0 Å². The van der Waals surface area contributed by atoms with Crippen molar-refractivity contribution < 1.29 is 4.52 Å². The van der Waals surface area contributed by atoms with Crippen LogP contribution in [0.1, 0.15) is 27.9 Å². The number of hydrogen-bond acceptors (Lipinski definition) is 5. The molecule has 1 atom stereocenters. The topological polar surface area (TPSA) is 51.0 Å². The maximum Gasteiger partial charge on any atom is 0.248 e. The van der Waals surface area contributed by atoms with Crippen LogP contribution in [0.2, 0.25) is 0 Å². The van der Waals surface area contributed by atoms with Gasteiger partial charge in [0.05, 0.1) is 0 Å². The molecule has 0 fully saturated rings. The summed E-state index contributed by atoms with van der Waals surface area (Å²) in [7, 11) is 0. The summed E-state index contributed by atoms with van der Waals surface area (Å²) in [5, 5.41) is 9.75. The minimum absolute atomic E-state index is 0.0188. The molecular formula is C16H15N3OS. The fraction of sp³-hybridized carbons (Fsp3) is 0.250. The van der Waals surface area contributed by atoms with Gasteiger partial charge in [-0.3, -0.25) is 0 Å². The lowest BCUT2D eigenvalue weighted by Crippen LogP contribution is -2.29. The predicted octanol–water partition coefficient (Wildman–Crippen LogP) is 3.34. The van der Waals surface area contributed by atoms with Crippen molar-refractivity contribution in [3.05, 3.63) is 57.6 Å². The second-order valence-corrected chi connectivity index (χ2v) is 6.21. The number of thiophene rings is 1. The average Bonchev–Trinajstić information content (AvgIpc) is 3.16. The van der Waals surface area contributed by atoms with Crippen LogP contribution in [0.15, 0.2) is 40.2 Å². The summed E-state index contributed by atoms with van der Waals surface area (Å²) in [6.07, 6.45) is 1.07. The summed E-state index contributed by atoms with van der Waals surface area (Å²) in [6.45, 7) is 3.00. The highest BCUT2D eigenvalue weighted by molar-refractivity contribution is 7.10. The van der Waals surface area contributed by atoms with E-state index < -0.39 is 0 Å². The number of rotatable bonds is 2. The molecule has 0 bridgehead atoms. The van der Waals surface area contributed by atoms with Crippen LogP contribution in [0.25, 0.3) is 11.4 Å². The van der Waals surface area contributed by atoms with Gasteiger partial charge in [0, 0.05) is 17.0 Å². The van der Waals surface area contributed by atoms with Crippen molar-refractivity contribution in [3.8, 4) is 11.4 Å². The van der Waals surface area contributed by atoms with E-state index in [1.165, 1.54) is 10.4 Å². The van der Waals surface area contributed by atoms with E-state index >= 15 is 0 Å². The fourth-order valence-electron chi connectivity index (χ4n) is 2.76. The van der Waals surface area contributed by atoms with E-state index in [0.717, 1.165) is 24.1 Å². The SMILES string of the molecule is Cc1ccccc1-c1noc(C2NCCc3sccc32)n1. The first kappa shape index (κ1) is 12.7. The Balaban J connectivity index is 1.72. The molecule has 0 radical (unpaired) electrons. The second kappa shape index (κ2) is 5.09. The van der Waals surface area contributed by atoms with Crippen LogP contribution in [-0.2, 0) is 6.42 Å². The van der Waals surface area contributed by atoms with Gasteiger partial charge in [0.2, 0.25) is 11.7 Å². The quantitative estimate of drug-likeness (QED) is 0.788. The van der Waals surface area contributed by atoms with Gasteiger partial charge in [-0.2, -0.15) is 4.98 Å². The van der Waals surface area contributed by atoms with Crippen molar-refractivity contribution in [1.82, 2.24) is 15.5 Å². The zero-order valence-corrected chi connectivity index (χ0v) is 12.5. The largest absolute Gasteiger partial charge is 0.337 e. The molecule has 3 heterocycles. The zero-order valence-electron chi connectivity index (χ0n) is 11.7. The molecule has 3 aromatic rings. The third kappa shape index (κ3) is 2.18. The second-order valence-electron chi connectivity index (χ2n) is 5.21. The Labute approximate surface area is 126 Å². The maximum absolute atomic E-state index is 5.52. The van der Waals surface area contributed by atoms with Crippen LogP contribution in [0.5, 0.6) is 0 Å². The van der Waals surface area contributed by atoms with Crippen LogP contribution < -0.4 is 5.32 Å². The zero-order chi connectivity index (χ0) is 14.2. The molecule has 1 unspecified atom stereocenters. The number of aryl methyl sites for hydroxylation is 1. The molecule has 0 spiro atoms. The van der Waals surface area contributed by atoms with Gasteiger partial charge in [0.25, 0.3) is 0 Å². The lowest BCUT2D eigenvalue weighted by atomic mass is 10.0. The van der Waals surface area contributed by atoms with Gasteiger partial charge in [-0.15, -0.1) is 11.3 Å². The number of fused-ring (bicyclic) bond motifs is 1. The number of aromatic nitrogens is 2. The van der Waals surface area contributed by atoms with Gasteiger partial charge >= 0.3 is 0 Å². The Morgan fingerprint density at radius 1 is 1.29 bits per heavy atom. The predicted molar refractivity (Wildman–Crippen MR) is 82.3 cm³/mol. The Morgan fingerprint density at radius 3 is 3.10 bits per heavy atom. The Morgan fingerprint density at radius 2 is 2.19 bits per heavy atom. The minimum atomic E-state index is 0.0188. The third-order valence-electron chi connectivity index (χ3n) is 3.87. The van der Waals surface area contributed by atoms with Gasteiger partial charge in [-0.05, 0) is 35.9 Å². The first-order chi connectivity index (χ1) is 10.3. The first-order valence-corrected chi connectivity index (χ1v) is 7.90. The Kier molecular flexibility index (Phi) is 3.09. The summed E-state index contributed by atoms with van der Waals surface area (Å²) in [6, 6.07) is 10.3. The molecule has 4 rings (SSSR count). The van der Waals surface area contributed by atoms with Gasteiger partial charge in [-0.1, -0.05) is 29.4 Å². The molecule has 0 amide bonds. The number of nitrogens with one attached hydrogen (secondary N) is 1. The molecular weight excluding hydrogens is 282 g/mol.